The van der Waals surface area contributed by atoms with Crippen molar-refractivity contribution in [1.82, 2.24) is 10.6 Å². The Hall–Kier alpha value is -0.610. The summed E-state index contributed by atoms with van der Waals surface area (Å²) < 4.78 is 0. The SMILES string of the molecule is CNC(C)CNC(=O)[C@@H](N)CC(C)C. The highest BCUT2D eigenvalue weighted by Crippen LogP contribution is 2.02. The summed E-state index contributed by atoms with van der Waals surface area (Å²) in [5.41, 5.74) is 5.71. The lowest BCUT2D eigenvalue weighted by Crippen LogP contribution is -2.45. The summed E-state index contributed by atoms with van der Waals surface area (Å²) in [6, 6.07) is -0.0933. The Morgan fingerprint density at radius 2 is 1.93 bits per heavy atom. The summed E-state index contributed by atoms with van der Waals surface area (Å²) in [5.74, 6) is 0.401. The maximum absolute atomic E-state index is 11.4. The van der Waals surface area contributed by atoms with Gasteiger partial charge in [0.2, 0.25) is 5.91 Å². The lowest BCUT2D eigenvalue weighted by atomic mass is 10.0. The Morgan fingerprint density at radius 1 is 1.36 bits per heavy atom. The molecule has 4 heteroatoms. The lowest BCUT2D eigenvalue weighted by molar-refractivity contribution is -0.122. The van der Waals surface area contributed by atoms with Gasteiger partial charge in [0, 0.05) is 12.6 Å². The molecule has 0 rings (SSSR count). The highest BCUT2D eigenvalue weighted by molar-refractivity contribution is 5.81. The predicted molar refractivity (Wildman–Crippen MR) is 59.0 cm³/mol. The zero-order valence-electron chi connectivity index (χ0n) is 9.63. The van der Waals surface area contributed by atoms with E-state index >= 15 is 0 Å². The molecule has 0 spiro atoms. The van der Waals surface area contributed by atoms with E-state index in [2.05, 4.69) is 24.5 Å². The van der Waals surface area contributed by atoms with E-state index in [-0.39, 0.29) is 18.0 Å². The predicted octanol–water partition coefficient (Wildman–Crippen LogP) is 0.0839. The van der Waals surface area contributed by atoms with E-state index in [0.29, 0.717) is 12.5 Å². The molecule has 0 heterocycles. The summed E-state index contributed by atoms with van der Waals surface area (Å²) in [7, 11) is 1.87. The fourth-order valence-corrected chi connectivity index (χ4v) is 1.10. The van der Waals surface area contributed by atoms with Crippen molar-refractivity contribution in [2.75, 3.05) is 13.6 Å². The van der Waals surface area contributed by atoms with Gasteiger partial charge < -0.3 is 16.4 Å². The van der Waals surface area contributed by atoms with E-state index in [0.717, 1.165) is 6.42 Å². The largest absolute Gasteiger partial charge is 0.353 e. The normalized spacial score (nSPS) is 15.3. The van der Waals surface area contributed by atoms with Gasteiger partial charge in [-0.15, -0.1) is 0 Å². The molecule has 0 aromatic carbocycles. The molecule has 2 atom stereocenters. The molecule has 0 fully saturated rings. The summed E-state index contributed by atoms with van der Waals surface area (Å²) in [6.07, 6.45) is 0.736. The number of hydrogen-bond donors (Lipinski definition) is 3. The smallest absolute Gasteiger partial charge is 0.236 e. The van der Waals surface area contributed by atoms with Crippen molar-refractivity contribution < 1.29 is 4.79 Å². The third kappa shape index (κ3) is 5.94. The van der Waals surface area contributed by atoms with Crippen LogP contribution in [0.5, 0.6) is 0 Å². The molecular weight excluding hydrogens is 178 g/mol. The fourth-order valence-electron chi connectivity index (χ4n) is 1.10. The first-order chi connectivity index (χ1) is 6.47. The highest BCUT2D eigenvalue weighted by atomic mass is 16.2. The fraction of sp³-hybridized carbons (Fsp3) is 0.900. The minimum absolute atomic E-state index is 0.0548. The number of hydrogen-bond acceptors (Lipinski definition) is 3. The van der Waals surface area contributed by atoms with Gasteiger partial charge in [-0.2, -0.15) is 0 Å². The van der Waals surface area contributed by atoms with Crippen LogP contribution in [0.4, 0.5) is 0 Å². The Morgan fingerprint density at radius 3 is 2.36 bits per heavy atom. The van der Waals surface area contributed by atoms with Crippen LogP contribution in [-0.4, -0.2) is 31.6 Å². The summed E-state index contributed by atoms with van der Waals surface area (Å²) in [5, 5.41) is 5.86. The quantitative estimate of drug-likeness (QED) is 0.570. The van der Waals surface area contributed by atoms with E-state index in [1.807, 2.05) is 14.0 Å². The molecule has 0 bridgehead atoms. The number of nitrogens with one attached hydrogen (secondary N) is 2. The maximum Gasteiger partial charge on any atom is 0.236 e. The molecule has 4 nitrogen and oxygen atoms in total. The second-order valence-corrected chi connectivity index (χ2v) is 4.17. The summed E-state index contributed by atoms with van der Waals surface area (Å²) >= 11 is 0. The van der Waals surface area contributed by atoms with Gasteiger partial charge in [-0.05, 0) is 26.3 Å². The Bertz CT molecular complexity index is 171. The number of carbonyl (C=O) groups is 1. The van der Waals surface area contributed by atoms with Crippen LogP contribution in [0.15, 0.2) is 0 Å². The third-order valence-electron chi connectivity index (χ3n) is 2.14. The first-order valence-electron chi connectivity index (χ1n) is 5.18. The van der Waals surface area contributed by atoms with Crippen LogP contribution in [0, 0.1) is 5.92 Å². The lowest BCUT2D eigenvalue weighted by Gasteiger charge is -2.16. The second kappa shape index (κ2) is 6.79. The Kier molecular flexibility index (Phi) is 6.49. The number of nitrogens with two attached hydrogens (primary N) is 1. The van der Waals surface area contributed by atoms with Gasteiger partial charge in [0.25, 0.3) is 0 Å². The number of rotatable bonds is 6. The van der Waals surface area contributed by atoms with Gasteiger partial charge in [0.1, 0.15) is 0 Å². The highest BCUT2D eigenvalue weighted by Gasteiger charge is 2.14. The number of amides is 1. The van der Waals surface area contributed by atoms with Crippen molar-refractivity contribution in [3.63, 3.8) is 0 Å². The third-order valence-corrected chi connectivity index (χ3v) is 2.14. The standard InChI is InChI=1S/C10H23N3O/c1-7(2)5-9(11)10(14)13-6-8(3)12-4/h7-9,12H,5-6,11H2,1-4H3,(H,13,14)/t8?,9-/m0/s1. The molecule has 4 N–H and O–H groups in total. The van der Waals surface area contributed by atoms with Crippen LogP contribution in [0.2, 0.25) is 0 Å². The molecule has 14 heavy (non-hydrogen) atoms. The minimum Gasteiger partial charge on any atom is -0.353 e. The van der Waals surface area contributed by atoms with Crippen molar-refractivity contribution in [3.05, 3.63) is 0 Å². The van der Waals surface area contributed by atoms with Crippen LogP contribution >= 0.6 is 0 Å². The van der Waals surface area contributed by atoms with Crippen molar-refractivity contribution in [3.8, 4) is 0 Å². The number of likely N-dealkylation sites (N-methyl/N-ethyl adjacent to an activating group) is 1. The van der Waals surface area contributed by atoms with Crippen molar-refractivity contribution >= 4 is 5.91 Å². The van der Waals surface area contributed by atoms with Crippen molar-refractivity contribution in [2.45, 2.75) is 39.3 Å². The zero-order chi connectivity index (χ0) is 11.1. The van der Waals surface area contributed by atoms with Crippen LogP contribution in [0.3, 0.4) is 0 Å². The average molecular weight is 201 g/mol. The topological polar surface area (TPSA) is 67.1 Å². The van der Waals surface area contributed by atoms with E-state index in [1.54, 1.807) is 0 Å². The molecule has 0 aliphatic rings. The van der Waals surface area contributed by atoms with Crippen molar-refractivity contribution in [1.29, 1.82) is 0 Å². The first-order valence-corrected chi connectivity index (χ1v) is 5.18. The molecular formula is C10H23N3O. The first kappa shape index (κ1) is 13.4. The van der Waals surface area contributed by atoms with Crippen LogP contribution in [0.25, 0.3) is 0 Å². The monoisotopic (exact) mass is 201 g/mol. The Balaban J connectivity index is 3.73. The van der Waals surface area contributed by atoms with E-state index in [1.165, 1.54) is 0 Å². The van der Waals surface area contributed by atoms with Gasteiger partial charge in [-0.1, -0.05) is 13.8 Å². The van der Waals surface area contributed by atoms with Crippen LogP contribution < -0.4 is 16.4 Å². The van der Waals surface area contributed by atoms with Crippen LogP contribution in [0.1, 0.15) is 27.2 Å². The molecule has 1 amide bonds. The Labute approximate surface area is 86.6 Å². The molecule has 0 aromatic heterocycles. The molecule has 1 unspecified atom stereocenters. The molecule has 0 aliphatic carbocycles. The van der Waals surface area contributed by atoms with Crippen molar-refractivity contribution in [2.24, 2.45) is 11.7 Å². The summed E-state index contributed by atoms with van der Waals surface area (Å²) in [6.45, 7) is 6.75. The average Bonchev–Trinajstić information content (AvgIpc) is 2.12. The maximum atomic E-state index is 11.4. The zero-order valence-corrected chi connectivity index (χ0v) is 9.63. The molecule has 0 aromatic rings. The minimum atomic E-state index is -0.376. The van der Waals surface area contributed by atoms with Gasteiger partial charge in [0.05, 0.1) is 6.04 Å². The summed E-state index contributed by atoms with van der Waals surface area (Å²) in [4.78, 5) is 11.4. The van der Waals surface area contributed by atoms with E-state index in [9.17, 15) is 4.79 Å². The van der Waals surface area contributed by atoms with Gasteiger partial charge in [0.15, 0.2) is 0 Å². The number of carbonyl (C=O) groups excluding carboxylic acids is 1. The van der Waals surface area contributed by atoms with E-state index in [4.69, 9.17) is 5.73 Å². The van der Waals surface area contributed by atoms with Gasteiger partial charge in [-0.3, -0.25) is 4.79 Å². The second-order valence-electron chi connectivity index (χ2n) is 4.17. The molecule has 0 radical (unpaired) electrons. The molecule has 84 valence electrons. The molecule has 0 aliphatic heterocycles. The van der Waals surface area contributed by atoms with Gasteiger partial charge in [-0.25, -0.2) is 0 Å². The molecule has 0 saturated carbocycles. The molecule has 0 saturated heterocycles. The van der Waals surface area contributed by atoms with E-state index < -0.39 is 0 Å². The van der Waals surface area contributed by atoms with Crippen LogP contribution in [-0.2, 0) is 4.79 Å². The van der Waals surface area contributed by atoms with Gasteiger partial charge >= 0.3 is 0 Å².